The molecular formula is C9H16N2O4. The van der Waals surface area contributed by atoms with Crippen LogP contribution < -0.4 is 5.73 Å². The molecule has 0 bridgehead atoms. The first-order valence-electron chi connectivity index (χ1n) is 5.03. The van der Waals surface area contributed by atoms with Crippen molar-refractivity contribution in [1.82, 2.24) is 5.06 Å². The molecule has 0 spiro atoms. The molecule has 0 radical (unpaired) electrons. The first-order chi connectivity index (χ1) is 7.16. The van der Waals surface area contributed by atoms with E-state index >= 15 is 0 Å². The van der Waals surface area contributed by atoms with Crippen LogP contribution in [0, 0.1) is 0 Å². The monoisotopic (exact) mass is 216 g/mol. The van der Waals surface area contributed by atoms with Crippen molar-refractivity contribution in [3.05, 3.63) is 0 Å². The van der Waals surface area contributed by atoms with Crippen molar-refractivity contribution in [3.63, 3.8) is 0 Å². The lowest BCUT2D eigenvalue weighted by Crippen LogP contribution is -2.50. The predicted molar refractivity (Wildman–Crippen MR) is 51.5 cm³/mol. The van der Waals surface area contributed by atoms with Crippen LogP contribution in [-0.2, 0) is 19.2 Å². The third kappa shape index (κ3) is 3.17. The summed E-state index contributed by atoms with van der Waals surface area (Å²) in [5.74, 6) is -1.25. The SMILES string of the molecule is CCOC(=O)C(N)C(=O)N1CCCCO1. The number of hydrogen-bond acceptors (Lipinski definition) is 5. The number of hydrogen-bond donors (Lipinski definition) is 1. The molecule has 15 heavy (non-hydrogen) atoms. The quantitative estimate of drug-likeness (QED) is 0.504. The van der Waals surface area contributed by atoms with Crippen LogP contribution >= 0.6 is 0 Å². The van der Waals surface area contributed by atoms with Crippen LogP contribution in [-0.4, -0.2) is 42.7 Å². The zero-order valence-electron chi connectivity index (χ0n) is 8.77. The Kier molecular flexibility index (Phi) is 4.51. The molecule has 2 N–H and O–H groups in total. The summed E-state index contributed by atoms with van der Waals surface area (Å²) in [5, 5.41) is 1.14. The third-order valence-electron chi connectivity index (χ3n) is 2.06. The van der Waals surface area contributed by atoms with E-state index in [-0.39, 0.29) is 6.61 Å². The molecule has 1 saturated heterocycles. The Morgan fingerprint density at radius 3 is 2.80 bits per heavy atom. The maximum Gasteiger partial charge on any atom is 0.332 e. The maximum atomic E-state index is 11.6. The van der Waals surface area contributed by atoms with Crippen molar-refractivity contribution in [2.45, 2.75) is 25.8 Å². The van der Waals surface area contributed by atoms with E-state index in [0.717, 1.165) is 17.9 Å². The third-order valence-corrected chi connectivity index (χ3v) is 2.06. The second-order valence-corrected chi connectivity index (χ2v) is 3.21. The Morgan fingerprint density at radius 1 is 1.53 bits per heavy atom. The van der Waals surface area contributed by atoms with E-state index in [4.69, 9.17) is 10.6 Å². The van der Waals surface area contributed by atoms with E-state index in [9.17, 15) is 9.59 Å². The van der Waals surface area contributed by atoms with E-state index < -0.39 is 17.9 Å². The largest absolute Gasteiger partial charge is 0.464 e. The van der Waals surface area contributed by atoms with Gasteiger partial charge in [0, 0.05) is 6.54 Å². The molecule has 1 amide bonds. The fraction of sp³-hybridized carbons (Fsp3) is 0.778. The van der Waals surface area contributed by atoms with Crippen LogP contribution in [0.15, 0.2) is 0 Å². The van der Waals surface area contributed by atoms with Gasteiger partial charge in [0.05, 0.1) is 13.2 Å². The van der Waals surface area contributed by atoms with Gasteiger partial charge in [0.25, 0.3) is 5.91 Å². The molecule has 0 aromatic carbocycles. The van der Waals surface area contributed by atoms with Crippen LogP contribution in [0.25, 0.3) is 0 Å². The van der Waals surface area contributed by atoms with Crippen molar-refractivity contribution in [2.75, 3.05) is 19.8 Å². The van der Waals surface area contributed by atoms with Crippen LogP contribution in [0.5, 0.6) is 0 Å². The number of esters is 1. The topological polar surface area (TPSA) is 81.9 Å². The molecule has 1 fully saturated rings. The Morgan fingerprint density at radius 2 is 2.27 bits per heavy atom. The summed E-state index contributed by atoms with van der Waals surface area (Å²) in [6, 6.07) is -1.27. The van der Waals surface area contributed by atoms with Gasteiger partial charge < -0.3 is 10.5 Å². The highest BCUT2D eigenvalue weighted by Crippen LogP contribution is 2.07. The van der Waals surface area contributed by atoms with Gasteiger partial charge in [0.2, 0.25) is 0 Å². The smallest absolute Gasteiger partial charge is 0.332 e. The molecular weight excluding hydrogens is 200 g/mol. The van der Waals surface area contributed by atoms with E-state index in [2.05, 4.69) is 4.74 Å². The molecule has 0 aromatic rings. The Hall–Kier alpha value is -1.14. The number of nitrogens with two attached hydrogens (primary N) is 1. The van der Waals surface area contributed by atoms with Crippen LogP contribution in [0.4, 0.5) is 0 Å². The molecule has 0 aromatic heterocycles. The number of amides is 1. The predicted octanol–water partition coefficient (Wildman–Crippen LogP) is -0.569. The molecule has 0 saturated carbocycles. The fourth-order valence-electron chi connectivity index (χ4n) is 1.26. The van der Waals surface area contributed by atoms with Crippen molar-refractivity contribution >= 4 is 11.9 Å². The fourth-order valence-corrected chi connectivity index (χ4v) is 1.26. The molecule has 1 rings (SSSR count). The summed E-state index contributed by atoms with van der Waals surface area (Å²) in [6.45, 7) is 2.83. The molecule has 6 heteroatoms. The van der Waals surface area contributed by atoms with Gasteiger partial charge in [-0.2, -0.15) is 0 Å². The van der Waals surface area contributed by atoms with Gasteiger partial charge in [-0.15, -0.1) is 0 Å². The second kappa shape index (κ2) is 5.67. The van der Waals surface area contributed by atoms with E-state index in [0.29, 0.717) is 13.2 Å². The summed E-state index contributed by atoms with van der Waals surface area (Å²) in [4.78, 5) is 27.9. The van der Waals surface area contributed by atoms with E-state index in [1.165, 1.54) is 0 Å². The van der Waals surface area contributed by atoms with Gasteiger partial charge in [-0.1, -0.05) is 0 Å². The minimum Gasteiger partial charge on any atom is -0.464 e. The van der Waals surface area contributed by atoms with E-state index in [1.807, 2.05) is 0 Å². The highest BCUT2D eigenvalue weighted by Gasteiger charge is 2.29. The Labute approximate surface area is 88.3 Å². The van der Waals surface area contributed by atoms with Crippen molar-refractivity contribution < 1.29 is 19.2 Å². The highest BCUT2D eigenvalue weighted by atomic mass is 16.7. The first-order valence-corrected chi connectivity index (χ1v) is 5.03. The Bertz CT molecular complexity index is 238. The normalized spacial score (nSPS) is 18.4. The number of ether oxygens (including phenoxy) is 1. The number of hydroxylamine groups is 2. The van der Waals surface area contributed by atoms with Gasteiger partial charge in [-0.25, -0.2) is 9.86 Å². The molecule has 0 aliphatic carbocycles. The van der Waals surface area contributed by atoms with Crippen LogP contribution in [0.3, 0.4) is 0 Å². The minimum atomic E-state index is -1.27. The van der Waals surface area contributed by atoms with E-state index in [1.54, 1.807) is 6.92 Å². The summed E-state index contributed by atoms with van der Waals surface area (Å²) >= 11 is 0. The average molecular weight is 216 g/mol. The number of carbonyl (C=O) groups excluding carboxylic acids is 2. The van der Waals surface area contributed by atoms with Gasteiger partial charge in [-0.3, -0.25) is 9.63 Å². The number of nitrogens with zero attached hydrogens (tertiary/aromatic N) is 1. The summed E-state index contributed by atoms with van der Waals surface area (Å²) < 4.78 is 4.65. The maximum absolute atomic E-state index is 11.6. The van der Waals surface area contributed by atoms with Crippen molar-refractivity contribution in [1.29, 1.82) is 0 Å². The standard InChI is InChI=1S/C9H16N2O4/c1-2-14-9(13)7(10)8(12)11-5-3-4-6-15-11/h7H,2-6,10H2,1H3. The second-order valence-electron chi connectivity index (χ2n) is 3.21. The zero-order chi connectivity index (χ0) is 11.3. The molecule has 1 heterocycles. The molecule has 1 unspecified atom stereocenters. The lowest BCUT2D eigenvalue weighted by molar-refractivity contribution is -0.199. The first kappa shape index (κ1) is 11.9. The van der Waals surface area contributed by atoms with Gasteiger partial charge >= 0.3 is 5.97 Å². The lowest BCUT2D eigenvalue weighted by atomic mass is 10.2. The number of carbonyl (C=O) groups is 2. The summed E-state index contributed by atoms with van der Waals surface area (Å²) in [6.07, 6.45) is 1.78. The molecule has 1 aliphatic heterocycles. The molecule has 6 nitrogen and oxygen atoms in total. The van der Waals surface area contributed by atoms with Crippen LogP contribution in [0.2, 0.25) is 0 Å². The highest BCUT2D eigenvalue weighted by molar-refractivity contribution is 6.01. The van der Waals surface area contributed by atoms with Crippen molar-refractivity contribution in [2.24, 2.45) is 5.73 Å². The van der Waals surface area contributed by atoms with Gasteiger partial charge in [0.15, 0.2) is 6.04 Å². The lowest BCUT2D eigenvalue weighted by Gasteiger charge is -2.27. The molecule has 1 atom stereocenters. The van der Waals surface area contributed by atoms with Crippen LogP contribution in [0.1, 0.15) is 19.8 Å². The zero-order valence-corrected chi connectivity index (χ0v) is 8.77. The van der Waals surface area contributed by atoms with Gasteiger partial charge in [-0.05, 0) is 19.8 Å². The molecule has 1 aliphatic rings. The number of rotatable bonds is 3. The molecule has 86 valence electrons. The summed E-state index contributed by atoms with van der Waals surface area (Å²) in [5.41, 5.74) is 5.43. The average Bonchev–Trinajstić information content (AvgIpc) is 2.28. The van der Waals surface area contributed by atoms with Gasteiger partial charge in [0.1, 0.15) is 0 Å². The van der Waals surface area contributed by atoms with Crippen molar-refractivity contribution in [3.8, 4) is 0 Å². The minimum absolute atomic E-state index is 0.209. The Balaban J connectivity index is 2.47. The summed E-state index contributed by atoms with van der Waals surface area (Å²) in [7, 11) is 0.